The van der Waals surface area contributed by atoms with E-state index in [1.807, 2.05) is 83.1 Å². The summed E-state index contributed by atoms with van der Waals surface area (Å²) in [6, 6.07) is 14.9. The van der Waals surface area contributed by atoms with E-state index in [-0.39, 0.29) is 25.0 Å². The number of carbonyl (C=O) groups is 4. The molecule has 2 aromatic carbocycles. The van der Waals surface area contributed by atoms with Crippen molar-refractivity contribution in [1.82, 2.24) is 30.2 Å². The highest BCUT2D eigenvalue weighted by Crippen LogP contribution is 2.43. The minimum absolute atomic E-state index is 0.0604. The van der Waals surface area contributed by atoms with Crippen molar-refractivity contribution in [3.8, 4) is 22.4 Å². The third-order valence-corrected chi connectivity index (χ3v) is 11.1. The molecule has 2 aliphatic rings. The molecule has 0 saturated carbocycles. The van der Waals surface area contributed by atoms with E-state index in [4.69, 9.17) is 14.5 Å². The van der Waals surface area contributed by atoms with Crippen LogP contribution in [-0.4, -0.2) is 89.1 Å². The van der Waals surface area contributed by atoms with E-state index in [9.17, 15) is 19.2 Å². The number of nitrogens with zero attached hydrogens (tertiary/aromatic N) is 4. The van der Waals surface area contributed by atoms with Gasteiger partial charge in [-0.25, -0.2) is 9.82 Å². The molecule has 0 radical (unpaired) electrons. The minimum atomic E-state index is -1.40. The van der Waals surface area contributed by atoms with Crippen LogP contribution in [0.5, 0.6) is 0 Å². The first-order valence-electron chi connectivity index (χ1n) is 19.7. The molecule has 3 amide bonds. The number of carbonyl (C=O) groups excluding carboxylic acids is 4. The Bertz CT molecular complexity index is 2130. The largest absolute Gasteiger partial charge is 0.464 e. The topological polar surface area (TPSA) is 135 Å². The van der Waals surface area contributed by atoms with Crippen molar-refractivity contribution < 1.29 is 33.0 Å². The summed E-state index contributed by atoms with van der Waals surface area (Å²) in [5.74, 6) is -1.57. The summed E-state index contributed by atoms with van der Waals surface area (Å²) < 4.78 is 29.5. The second-order valence-corrected chi connectivity index (χ2v) is 16.5. The maximum Gasteiger partial charge on any atom is 0.324 e. The first kappa shape index (κ1) is 41.5. The lowest BCUT2D eigenvalue weighted by molar-refractivity contribution is -0.155. The van der Waals surface area contributed by atoms with Gasteiger partial charge in [0.15, 0.2) is 6.30 Å². The summed E-state index contributed by atoms with van der Waals surface area (Å²) in [5, 5.41) is 5.21. The number of cyclic esters (lactones) is 1. The predicted octanol–water partition coefficient (Wildman–Crippen LogP) is 6.33. The molecule has 304 valence electrons. The van der Waals surface area contributed by atoms with Crippen molar-refractivity contribution in [2.75, 3.05) is 27.3 Å². The molecule has 57 heavy (non-hydrogen) atoms. The minimum Gasteiger partial charge on any atom is -0.464 e. The van der Waals surface area contributed by atoms with Gasteiger partial charge in [-0.05, 0) is 85.5 Å². The monoisotopic (exact) mass is 782 g/mol. The number of esters is 1. The van der Waals surface area contributed by atoms with Crippen molar-refractivity contribution in [1.29, 1.82) is 0 Å². The molecule has 2 N–H and O–H groups in total. The fourth-order valence-corrected chi connectivity index (χ4v) is 8.25. The van der Waals surface area contributed by atoms with E-state index in [1.165, 1.54) is 16.8 Å². The number of hydrazine groups is 1. The van der Waals surface area contributed by atoms with Crippen LogP contribution in [-0.2, 0) is 41.5 Å². The Hall–Kier alpha value is -5.14. The van der Waals surface area contributed by atoms with Gasteiger partial charge in [-0.1, -0.05) is 58.0 Å². The lowest BCUT2D eigenvalue weighted by atomic mass is 9.84. The maximum absolute atomic E-state index is 16.1. The highest BCUT2D eigenvalue weighted by Gasteiger charge is 2.37. The van der Waals surface area contributed by atoms with Crippen LogP contribution in [0.2, 0.25) is 0 Å². The van der Waals surface area contributed by atoms with Crippen LogP contribution in [0.25, 0.3) is 33.3 Å². The summed E-state index contributed by atoms with van der Waals surface area (Å²) in [6.45, 7) is 11.5. The number of likely N-dealkylation sites (N-methyl/N-ethyl adjacent to an activating group) is 1. The number of rotatable bonds is 9. The van der Waals surface area contributed by atoms with Gasteiger partial charge in [-0.2, -0.15) is 0 Å². The van der Waals surface area contributed by atoms with Gasteiger partial charge in [0, 0.05) is 49.7 Å². The number of hydrogen-bond donors (Lipinski definition) is 2. The summed E-state index contributed by atoms with van der Waals surface area (Å²) in [4.78, 5) is 59.6. The van der Waals surface area contributed by atoms with E-state index in [2.05, 4.69) is 16.8 Å². The van der Waals surface area contributed by atoms with E-state index in [0.29, 0.717) is 49.1 Å². The van der Waals surface area contributed by atoms with Crippen LogP contribution in [0.3, 0.4) is 0 Å². The molecule has 13 heteroatoms. The highest BCUT2D eigenvalue weighted by atomic mass is 19.1. The molecule has 4 heterocycles. The molecule has 0 aliphatic carbocycles. The Kier molecular flexibility index (Phi) is 12.5. The normalized spacial score (nSPS) is 20.4. The quantitative estimate of drug-likeness (QED) is 0.149. The van der Waals surface area contributed by atoms with Crippen molar-refractivity contribution in [2.24, 2.45) is 11.3 Å². The molecule has 4 aromatic rings. The predicted molar refractivity (Wildman–Crippen MR) is 216 cm³/mol. The molecule has 2 aromatic heterocycles. The SMILES string of the molecule is COC(C)c1ncccc1-c1c2c3cc(ccc3n1C(C)F)-c1cccc(c1)CC(NC(=O)C(C(C)C)N(C)C=O)C(=O)N1CCC[C@H](N1)C(=O)OCC(C)(C)C2. The van der Waals surface area contributed by atoms with E-state index >= 15 is 4.39 Å². The number of hydrogen-bond acceptors (Lipinski definition) is 8. The average molecular weight is 783 g/mol. The fraction of sp³-hybridized carbons (Fsp3) is 0.477. The van der Waals surface area contributed by atoms with Crippen LogP contribution in [0.1, 0.15) is 83.6 Å². The van der Waals surface area contributed by atoms with E-state index < -0.39 is 47.6 Å². The van der Waals surface area contributed by atoms with Crippen molar-refractivity contribution in [3.63, 3.8) is 0 Å². The first-order valence-corrected chi connectivity index (χ1v) is 19.7. The smallest absolute Gasteiger partial charge is 0.324 e. The molecule has 6 bridgehead atoms. The average Bonchev–Trinajstić information content (AvgIpc) is 3.51. The summed E-state index contributed by atoms with van der Waals surface area (Å²) in [6.07, 6.45) is 2.12. The standard InChI is InChI=1S/C44H55FN6O6/c1-26(2)39(49(7)25-52)41(53)47-36-21-29-12-9-13-30(20-29)31-16-17-37-33(22-31)34(40(51(37)28(4)45)32-14-10-18-46-38(32)27(3)56-8)23-44(5,6)24-57-43(55)35-15-11-19-50(48-35)42(36)54/h9-10,12-14,16-18,20,22,25-28,35-36,39,48H,11,15,19,21,23-24H2,1-8H3,(H,47,53)/t27?,28?,35-,36?,39?/m0/s1. The summed E-state index contributed by atoms with van der Waals surface area (Å²) >= 11 is 0. The van der Waals surface area contributed by atoms with Gasteiger partial charge in [0.25, 0.3) is 5.91 Å². The second-order valence-electron chi connectivity index (χ2n) is 16.5. The van der Waals surface area contributed by atoms with Crippen LogP contribution in [0, 0.1) is 11.3 Å². The molecule has 2 aliphatic heterocycles. The molecule has 4 unspecified atom stereocenters. The van der Waals surface area contributed by atoms with Crippen LogP contribution in [0.15, 0.2) is 60.8 Å². The van der Waals surface area contributed by atoms with E-state index in [0.717, 1.165) is 33.2 Å². The van der Waals surface area contributed by atoms with Crippen molar-refractivity contribution in [3.05, 3.63) is 77.6 Å². The maximum atomic E-state index is 16.1. The Morgan fingerprint density at radius 3 is 2.56 bits per heavy atom. The third kappa shape index (κ3) is 8.74. The molecular weight excluding hydrogens is 728 g/mol. The number of amides is 3. The van der Waals surface area contributed by atoms with Gasteiger partial charge >= 0.3 is 5.97 Å². The number of nitrogens with one attached hydrogen (secondary N) is 2. The Balaban J connectivity index is 1.53. The van der Waals surface area contributed by atoms with Crippen LogP contribution >= 0.6 is 0 Å². The molecule has 1 fully saturated rings. The van der Waals surface area contributed by atoms with Gasteiger partial charge in [-0.3, -0.25) is 29.2 Å². The van der Waals surface area contributed by atoms with E-state index in [1.54, 1.807) is 24.9 Å². The third-order valence-electron chi connectivity index (χ3n) is 11.1. The molecule has 0 spiro atoms. The summed E-state index contributed by atoms with van der Waals surface area (Å²) in [5.41, 5.74) is 8.75. The van der Waals surface area contributed by atoms with Gasteiger partial charge in [0.1, 0.15) is 18.1 Å². The number of fused-ring (bicyclic) bond motifs is 6. The van der Waals surface area contributed by atoms with Crippen LogP contribution < -0.4 is 10.7 Å². The van der Waals surface area contributed by atoms with Crippen molar-refractivity contribution in [2.45, 2.75) is 97.8 Å². The zero-order valence-electron chi connectivity index (χ0n) is 34.2. The van der Waals surface area contributed by atoms with Crippen molar-refractivity contribution >= 4 is 35.1 Å². The molecule has 12 nitrogen and oxygen atoms in total. The number of methoxy groups -OCH3 is 1. The molecule has 6 rings (SSSR count). The number of pyridine rings is 1. The number of aromatic nitrogens is 2. The van der Waals surface area contributed by atoms with Gasteiger partial charge in [-0.15, -0.1) is 0 Å². The van der Waals surface area contributed by atoms with Crippen LogP contribution in [0.4, 0.5) is 4.39 Å². The number of halogens is 1. The lowest BCUT2D eigenvalue weighted by Gasteiger charge is -2.36. The van der Waals surface area contributed by atoms with Gasteiger partial charge < -0.3 is 24.3 Å². The first-order chi connectivity index (χ1) is 27.1. The molecular formula is C44H55FN6O6. The van der Waals surface area contributed by atoms with Gasteiger partial charge in [0.2, 0.25) is 12.3 Å². The Morgan fingerprint density at radius 1 is 1.11 bits per heavy atom. The number of benzene rings is 2. The Morgan fingerprint density at radius 2 is 1.86 bits per heavy atom. The zero-order valence-corrected chi connectivity index (χ0v) is 34.2. The number of alkyl halides is 1. The fourth-order valence-electron chi connectivity index (χ4n) is 8.25. The highest BCUT2D eigenvalue weighted by molar-refractivity contribution is 5.96. The molecule has 5 atom stereocenters. The molecule has 1 saturated heterocycles. The Labute approximate surface area is 334 Å². The van der Waals surface area contributed by atoms with Gasteiger partial charge in [0.05, 0.1) is 29.6 Å². The zero-order chi connectivity index (χ0) is 41.2. The number of ether oxygens (including phenoxy) is 2. The second kappa shape index (κ2) is 17.2. The lowest BCUT2D eigenvalue weighted by Crippen LogP contribution is -2.61. The summed E-state index contributed by atoms with van der Waals surface area (Å²) in [7, 11) is 3.16.